The molecule has 2 atom stereocenters. The van der Waals surface area contributed by atoms with Gasteiger partial charge in [0.05, 0.1) is 12.1 Å². The largest absolute Gasteiger partial charge is 0.507 e. The van der Waals surface area contributed by atoms with E-state index in [2.05, 4.69) is 34.5 Å². The highest BCUT2D eigenvalue weighted by atomic mass is 32.2. The first-order valence-electron chi connectivity index (χ1n) is 10.1. The molecule has 2 aliphatic rings. The van der Waals surface area contributed by atoms with Gasteiger partial charge in [-0.05, 0) is 48.9 Å². The molecule has 7 heteroatoms. The number of aromatic nitrogens is 2. The number of amides is 1. The molecule has 2 N–H and O–H groups in total. The third kappa shape index (κ3) is 3.18. The Morgan fingerprint density at radius 3 is 2.73 bits per heavy atom. The summed E-state index contributed by atoms with van der Waals surface area (Å²) in [6, 6.07) is 15.1. The fourth-order valence-corrected chi connectivity index (χ4v) is 4.81. The normalized spacial score (nSPS) is 20.7. The Kier molecular flexibility index (Phi) is 5.00. The Bertz CT molecular complexity index is 1070. The van der Waals surface area contributed by atoms with E-state index in [0.717, 1.165) is 30.6 Å². The predicted molar refractivity (Wildman–Crippen MR) is 116 cm³/mol. The molecule has 0 radical (unpaired) electrons. The Balaban J connectivity index is 1.62. The molecular formula is C23H23N3O3S. The minimum atomic E-state index is -0.277. The van der Waals surface area contributed by atoms with Crippen molar-refractivity contribution in [1.82, 2.24) is 15.1 Å². The van der Waals surface area contributed by atoms with Gasteiger partial charge in [-0.1, -0.05) is 24.3 Å². The van der Waals surface area contributed by atoms with E-state index in [4.69, 9.17) is 4.74 Å². The summed E-state index contributed by atoms with van der Waals surface area (Å²) < 4.78 is 5.83. The van der Waals surface area contributed by atoms with Crippen molar-refractivity contribution in [3.05, 3.63) is 65.4 Å². The Hall–Kier alpha value is -2.77. The summed E-state index contributed by atoms with van der Waals surface area (Å²) in [6.45, 7) is 1.28. The van der Waals surface area contributed by atoms with Gasteiger partial charge in [0, 0.05) is 29.2 Å². The van der Waals surface area contributed by atoms with Crippen LogP contribution >= 0.6 is 11.8 Å². The maximum atomic E-state index is 13.4. The molecular weight excluding hydrogens is 398 g/mol. The number of nitrogens with one attached hydrogen (secondary N) is 1. The summed E-state index contributed by atoms with van der Waals surface area (Å²) in [5, 5.41) is 17.8. The first kappa shape index (κ1) is 19.2. The number of carbonyl (C=O) groups is 1. The highest BCUT2D eigenvalue weighted by Gasteiger charge is 2.43. The first-order valence-corrected chi connectivity index (χ1v) is 11.3. The van der Waals surface area contributed by atoms with Gasteiger partial charge < -0.3 is 14.7 Å². The van der Waals surface area contributed by atoms with Crippen molar-refractivity contribution < 1.29 is 14.6 Å². The zero-order chi connectivity index (χ0) is 20.7. The van der Waals surface area contributed by atoms with Gasteiger partial charge in [-0.2, -0.15) is 5.10 Å². The Labute approximate surface area is 179 Å². The molecule has 3 heterocycles. The number of phenolic OH excluding ortho intramolecular Hbond substituents is 1. The number of hydrogen-bond acceptors (Lipinski definition) is 5. The van der Waals surface area contributed by atoms with E-state index >= 15 is 0 Å². The second kappa shape index (κ2) is 7.81. The van der Waals surface area contributed by atoms with Crippen LogP contribution in [0.5, 0.6) is 5.75 Å². The van der Waals surface area contributed by atoms with Crippen LogP contribution in [0.25, 0.3) is 11.3 Å². The van der Waals surface area contributed by atoms with E-state index in [1.165, 1.54) is 4.90 Å². The van der Waals surface area contributed by atoms with Gasteiger partial charge in [0.2, 0.25) is 0 Å². The van der Waals surface area contributed by atoms with Gasteiger partial charge in [0.15, 0.2) is 0 Å². The molecule has 0 saturated carbocycles. The van der Waals surface area contributed by atoms with Crippen LogP contribution < -0.4 is 0 Å². The number of aromatic hydroxyl groups is 1. The lowest BCUT2D eigenvalue weighted by Gasteiger charge is -2.28. The molecule has 2 unspecified atom stereocenters. The molecule has 1 aromatic heterocycles. The van der Waals surface area contributed by atoms with Crippen molar-refractivity contribution in [2.45, 2.75) is 29.9 Å². The van der Waals surface area contributed by atoms with Gasteiger partial charge in [-0.3, -0.25) is 9.89 Å². The first-order chi connectivity index (χ1) is 14.7. The molecule has 0 bridgehead atoms. The summed E-state index contributed by atoms with van der Waals surface area (Å²) in [4.78, 5) is 16.4. The Morgan fingerprint density at radius 2 is 2.03 bits per heavy atom. The van der Waals surface area contributed by atoms with Gasteiger partial charge in [0.25, 0.3) is 5.91 Å². The predicted octanol–water partition coefficient (Wildman–Crippen LogP) is 4.23. The molecule has 1 fully saturated rings. The van der Waals surface area contributed by atoms with Crippen LogP contribution in [0.15, 0.2) is 53.4 Å². The fraction of sp³-hybridized carbons (Fsp3) is 0.304. The molecule has 2 aliphatic heterocycles. The lowest BCUT2D eigenvalue weighted by molar-refractivity contribution is 0.0495. The average molecular weight is 422 g/mol. The van der Waals surface area contributed by atoms with Crippen molar-refractivity contribution >= 4 is 17.7 Å². The quantitative estimate of drug-likeness (QED) is 0.603. The van der Waals surface area contributed by atoms with Crippen LogP contribution in [0.2, 0.25) is 0 Å². The summed E-state index contributed by atoms with van der Waals surface area (Å²) in [6.07, 6.45) is 4.07. The Morgan fingerprint density at radius 1 is 1.23 bits per heavy atom. The maximum absolute atomic E-state index is 13.4. The van der Waals surface area contributed by atoms with E-state index < -0.39 is 0 Å². The third-order valence-electron chi connectivity index (χ3n) is 5.88. The summed E-state index contributed by atoms with van der Waals surface area (Å²) in [5.41, 5.74) is 3.57. The van der Waals surface area contributed by atoms with Crippen LogP contribution in [0.3, 0.4) is 0 Å². The molecule has 30 heavy (non-hydrogen) atoms. The van der Waals surface area contributed by atoms with Crippen LogP contribution in [0.1, 0.15) is 40.5 Å². The monoisotopic (exact) mass is 421 g/mol. The lowest BCUT2D eigenvalue weighted by Crippen LogP contribution is -2.36. The van der Waals surface area contributed by atoms with E-state index in [-0.39, 0.29) is 23.8 Å². The number of para-hydroxylation sites is 1. The minimum Gasteiger partial charge on any atom is -0.507 e. The zero-order valence-corrected chi connectivity index (χ0v) is 17.5. The van der Waals surface area contributed by atoms with E-state index in [0.29, 0.717) is 23.5 Å². The van der Waals surface area contributed by atoms with Crippen molar-refractivity contribution in [3.8, 4) is 17.0 Å². The number of nitrogens with zero attached hydrogens (tertiary/aromatic N) is 2. The van der Waals surface area contributed by atoms with Gasteiger partial charge in [-0.15, -0.1) is 11.8 Å². The lowest BCUT2D eigenvalue weighted by atomic mass is 9.95. The van der Waals surface area contributed by atoms with Crippen molar-refractivity contribution in [3.63, 3.8) is 0 Å². The topological polar surface area (TPSA) is 78.5 Å². The summed E-state index contributed by atoms with van der Waals surface area (Å²) in [7, 11) is 0. The molecule has 5 rings (SSSR count). The molecule has 3 aromatic rings. The number of ether oxygens (including phenoxy) is 1. The standard InChI is InChI=1S/C23H23N3O3S/c1-30-16-10-8-14(9-11-16)22-19-20(17-6-2-3-7-18(17)27)24-25-21(19)23(28)26(22)13-15-5-4-12-29-15/h2-3,6-11,15,22,27H,4-5,12-13H2,1H3,(H,24,25). The smallest absolute Gasteiger partial charge is 0.273 e. The second-order valence-electron chi connectivity index (χ2n) is 7.65. The molecule has 1 amide bonds. The molecule has 0 aliphatic carbocycles. The fourth-order valence-electron chi connectivity index (χ4n) is 4.40. The number of benzene rings is 2. The summed E-state index contributed by atoms with van der Waals surface area (Å²) in [5.74, 6) is 0.0712. The number of aromatic amines is 1. The number of phenols is 1. The van der Waals surface area contributed by atoms with Crippen LogP contribution in [-0.2, 0) is 4.74 Å². The molecule has 2 aromatic carbocycles. The van der Waals surface area contributed by atoms with Crippen LogP contribution in [0, 0.1) is 0 Å². The van der Waals surface area contributed by atoms with E-state index in [9.17, 15) is 9.90 Å². The zero-order valence-electron chi connectivity index (χ0n) is 16.7. The number of carbonyl (C=O) groups excluding carboxylic acids is 1. The van der Waals surface area contributed by atoms with Crippen LogP contribution in [-0.4, -0.2) is 51.6 Å². The van der Waals surface area contributed by atoms with Crippen molar-refractivity contribution in [1.29, 1.82) is 0 Å². The number of fused-ring (bicyclic) bond motifs is 1. The van der Waals surface area contributed by atoms with Gasteiger partial charge in [-0.25, -0.2) is 0 Å². The molecule has 6 nitrogen and oxygen atoms in total. The highest BCUT2D eigenvalue weighted by molar-refractivity contribution is 7.98. The molecule has 1 saturated heterocycles. The van der Waals surface area contributed by atoms with Crippen molar-refractivity contribution in [2.75, 3.05) is 19.4 Å². The number of rotatable bonds is 5. The van der Waals surface area contributed by atoms with Gasteiger partial charge >= 0.3 is 0 Å². The number of H-pyrrole nitrogens is 1. The van der Waals surface area contributed by atoms with Crippen LogP contribution in [0.4, 0.5) is 0 Å². The van der Waals surface area contributed by atoms with E-state index in [1.54, 1.807) is 23.9 Å². The second-order valence-corrected chi connectivity index (χ2v) is 8.53. The van der Waals surface area contributed by atoms with Gasteiger partial charge in [0.1, 0.15) is 17.1 Å². The molecule has 0 spiro atoms. The maximum Gasteiger partial charge on any atom is 0.273 e. The average Bonchev–Trinajstić information content (AvgIpc) is 3.49. The minimum absolute atomic E-state index is 0.0486. The number of thioether (sulfide) groups is 1. The molecule has 154 valence electrons. The number of hydrogen-bond donors (Lipinski definition) is 2. The van der Waals surface area contributed by atoms with E-state index in [1.807, 2.05) is 23.3 Å². The third-order valence-corrected chi connectivity index (χ3v) is 6.62. The summed E-state index contributed by atoms with van der Waals surface area (Å²) >= 11 is 1.68. The highest BCUT2D eigenvalue weighted by Crippen LogP contribution is 2.44. The SMILES string of the molecule is CSc1ccc(C2c3c(-c4ccccc4O)n[nH]c3C(=O)N2CC2CCCO2)cc1. The van der Waals surface area contributed by atoms with Crippen molar-refractivity contribution in [2.24, 2.45) is 0 Å².